The molecule has 156 valence electrons. The van der Waals surface area contributed by atoms with Gasteiger partial charge in [0, 0.05) is 44.8 Å². The molecule has 0 aliphatic heterocycles. The van der Waals surface area contributed by atoms with Gasteiger partial charge in [0.2, 0.25) is 0 Å². The standard InChI is InChI=1S/C31H22N2/c1-2-10-23(11-3-1)33-30-17-9-6-14-26(30)27-19-18-22(20-31(27)33)21-32-28-15-7-4-12-24(28)25-13-5-8-16-29(25)32/h1-20H,21H2. The van der Waals surface area contributed by atoms with Crippen molar-refractivity contribution in [2.45, 2.75) is 6.54 Å². The molecule has 5 aromatic carbocycles. The maximum Gasteiger partial charge on any atom is 0.0544 e. The summed E-state index contributed by atoms with van der Waals surface area (Å²) in [6, 6.07) is 43.7. The van der Waals surface area contributed by atoms with E-state index >= 15 is 0 Å². The Hall–Kier alpha value is -4.30. The summed E-state index contributed by atoms with van der Waals surface area (Å²) in [6.45, 7) is 0.834. The fraction of sp³-hybridized carbons (Fsp3) is 0.0323. The van der Waals surface area contributed by atoms with Crippen LogP contribution in [0.1, 0.15) is 5.56 Å². The molecule has 0 amide bonds. The van der Waals surface area contributed by atoms with Gasteiger partial charge in [0.1, 0.15) is 0 Å². The highest BCUT2D eigenvalue weighted by Gasteiger charge is 2.14. The number of hydrogen-bond acceptors (Lipinski definition) is 0. The molecule has 0 bridgehead atoms. The molecule has 33 heavy (non-hydrogen) atoms. The van der Waals surface area contributed by atoms with Crippen LogP contribution in [0.2, 0.25) is 0 Å². The monoisotopic (exact) mass is 422 g/mol. The first-order valence-corrected chi connectivity index (χ1v) is 11.4. The van der Waals surface area contributed by atoms with Crippen molar-refractivity contribution in [3.8, 4) is 5.69 Å². The molecule has 0 atom stereocenters. The lowest BCUT2D eigenvalue weighted by atomic mass is 10.1. The van der Waals surface area contributed by atoms with Crippen LogP contribution in [0.5, 0.6) is 0 Å². The molecule has 0 aliphatic rings. The van der Waals surface area contributed by atoms with E-state index in [-0.39, 0.29) is 0 Å². The quantitative estimate of drug-likeness (QED) is 0.273. The molecule has 0 N–H and O–H groups in total. The molecule has 2 nitrogen and oxygen atoms in total. The Morgan fingerprint density at radius 3 is 1.61 bits per heavy atom. The summed E-state index contributed by atoms with van der Waals surface area (Å²) < 4.78 is 4.83. The fourth-order valence-electron chi connectivity index (χ4n) is 5.33. The summed E-state index contributed by atoms with van der Waals surface area (Å²) in [6.07, 6.45) is 0. The Morgan fingerprint density at radius 1 is 0.424 bits per heavy atom. The largest absolute Gasteiger partial charge is 0.336 e. The lowest BCUT2D eigenvalue weighted by molar-refractivity contribution is 0.870. The van der Waals surface area contributed by atoms with E-state index in [2.05, 4.69) is 130 Å². The first-order chi connectivity index (χ1) is 16.4. The molecule has 7 aromatic rings. The minimum Gasteiger partial charge on any atom is -0.336 e. The van der Waals surface area contributed by atoms with Crippen molar-refractivity contribution >= 4 is 43.6 Å². The van der Waals surface area contributed by atoms with Crippen LogP contribution in [0, 0.1) is 0 Å². The first-order valence-electron chi connectivity index (χ1n) is 11.4. The van der Waals surface area contributed by atoms with Crippen molar-refractivity contribution < 1.29 is 0 Å². The zero-order valence-electron chi connectivity index (χ0n) is 18.1. The lowest BCUT2D eigenvalue weighted by Gasteiger charge is -2.11. The van der Waals surface area contributed by atoms with E-state index in [1.165, 1.54) is 54.9 Å². The molecular weight excluding hydrogens is 400 g/mol. The molecule has 0 saturated heterocycles. The third kappa shape index (κ3) is 2.74. The predicted octanol–water partition coefficient (Wildman–Crippen LogP) is 7.94. The molecule has 0 aliphatic carbocycles. The van der Waals surface area contributed by atoms with E-state index in [0.717, 1.165) is 6.54 Å². The third-order valence-corrected chi connectivity index (χ3v) is 6.77. The van der Waals surface area contributed by atoms with Gasteiger partial charge in [-0.1, -0.05) is 84.9 Å². The van der Waals surface area contributed by atoms with Gasteiger partial charge in [0.25, 0.3) is 0 Å². The number of fused-ring (bicyclic) bond motifs is 6. The number of aromatic nitrogens is 2. The van der Waals surface area contributed by atoms with Crippen molar-refractivity contribution in [3.05, 3.63) is 127 Å². The second-order valence-electron chi connectivity index (χ2n) is 8.66. The average molecular weight is 423 g/mol. The third-order valence-electron chi connectivity index (χ3n) is 6.77. The maximum absolute atomic E-state index is 2.45. The van der Waals surface area contributed by atoms with Gasteiger partial charge in [0.15, 0.2) is 0 Å². The van der Waals surface area contributed by atoms with E-state index in [0.29, 0.717) is 0 Å². The highest BCUT2D eigenvalue weighted by molar-refractivity contribution is 6.10. The Balaban J connectivity index is 1.47. The molecule has 2 heteroatoms. The van der Waals surface area contributed by atoms with Crippen LogP contribution >= 0.6 is 0 Å². The molecular formula is C31H22N2. The van der Waals surface area contributed by atoms with Gasteiger partial charge in [-0.2, -0.15) is 0 Å². The van der Waals surface area contributed by atoms with Crippen LogP contribution in [0.15, 0.2) is 121 Å². The van der Waals surface area contributed by atoms with E-state index in [1.807, 2.05) is 0 Å². The number of hydrogen-bond donors (Lipinski definition) is 0. The van der Waals surface area contributed by atoms with Crippen molar-refractivity contribution in [1.29, 1.82) is 0 Å². The van der Waals surface area contributed by atoms with E-state index in [4.69, 9.17) is 0 Å². The van der Waals surface area contributed by atoms with Gasteiger partial charge >= 0.3 is 0 Å². The van der Waals surface area contributed by atoms with Crippen molar-refractivity contribution in [2.24, 2.45) is 0 Å². The summed E-state index contributed by atoms with van der Waals surface area (Å²) in [7, 11) is 0. The summed E-state index contributed by atoms with van der Waals surface area (Å²) in [5.41, 5.74) is 7.55. The van der Waals surface area contributed by atoms with Crippen LogP contribution in [0.4, 0.5) is 0 Å². The van der Waals surface area contributed by atoms with Crippen LogP contribution in [0.25, 0.3) is 49.3 Å². The summed E-state index contributed by atoms with van der Waals surface area (Å²) in [4.78, 5) is 0. The normalized spacial score (nSPS) is 11.8. The number of nitrogens with zero attached hydrogens (tertiary/aromatic N) is 2. The van der Waals surface area contributed by atoms with Gasteiger partial charge in [0.05, 0.1) is 11.0 Å². The Labute approximate surface area is 191 Å². The molecule has 0 saturated carbocycles. The number of para-hydroxylation sites is 4. The lowest BCUT2D eigenvalue weighted by Crippen LogP contribution is -2.00. The number of benzene rings is 5. The van der Waals surface area contributed by atoms with Gasteiger partial charge in [-0.15, -0.1) is 0 Å². The summed E-state index contributed by atoms with van der Waals surface area (Å²) in [5.74, 6) is 0. The number of rotatable bonds is 3. The molecule has 0 spiro atoms. The minimum atomic E-state index is 0.834. The Morgan fingerprint density at radius 2 is 0.939 bits per heavy atom. The van der Waals surface area contributed by atoms with E-state index in [9.17, 15) is 0 Å². The van der Waals surface area contributed by atoms with Crippen molar-refractivity contribution in [2.75, 3.05) is 0 Å². The molecule has 7 rings (SSSR count). The Bertz CT molecular complexity index is 1730. The van der Waals surface area contributed by atoms with E-state index < -0.39 is 0 Å². The minimum absolute atomic E-state index is 0.834. The van der Waals surface area contributed by atoms with E-state index in [1.54, 1.807) is 0 Å². The van der Waals surface area contributed by atoms with Crippen LogP contribution < -0.4 is 0 Å². The van der Waals surface area contributed by atoms with Crippen LogP contribution in [-0.2, 0) is 6.54 Å². The highest BCUT2D eigenvalue weighted by atomic mass is 15.0. The summed E-state index contributed by atoms with van der Waals surface area (Å²) >= 11 is 0. The molecule has 2 heterocycles. The molecule has 0 unspecified atom stereocenters. The second kappa shape index (κ2) is 7.11. The smallest absolute Gasteiger partial charge is 0.0544 e. The maximum atomic E-state index is 2.45. The van der Waals surface area contributed by atoms with Crippen LogP contribution in [-0.4, -0.2) is 9.13 Å². The average Bonchev–Trinajstić information content (AvgIpc) is 3.38. The Kier molecular flexibility index (Phi) is 3.94. The zero-order valence-corrected chi connectivity index (χ0v) is 18.1. The van der Waals surface area contributed by atoms with Gasteiger partial charge in [-0.25, -0.2) is 0 Å². The summed E-state index contributed by atoms with van der Waals surface area (Å²) in [5, 5.41) is 5.21. The molecule has 0 radical (unpaired) electrons. The fourth-order valence-corrected chi connectivity index (χ4v) is 5.33. The molecule has 0 fully saturated rings. The highest BCUT2D eigenvalue weighted by Crippen LogP contribution is 2.34. The van der Waals surface area contributed by atoms with Crippen molar-refractivity contribution in [1.82, 2.24) is 9.13 Å². The van der Waals surface area contributed by atoms with Crippen LogP contribution in [0.3, 0.4) is 0 Å². The van der Waals surface area contributed by atoms with Gasteiger partial charge in [-0.3, -0.25) is 0 Å². The SMILES string of the molecule is c1ccc(-n2c3ccccc3c3ccc(Cn4c5ccccc5c5ccccc54)cc32)cc1. The van der Waals surface area contributed by atoms with Gasteiger partial charge < -0.3 is 9.13 Å². The van der Waals surface area contributed by atoms with Gasteiger partial charge in [-0.05, 0) is 42.0 Å². The predicted molar refractivity (Wildman–Crippen MR) is 139 cm³/mol. The second-order valence-corrected chi connectivity index (χ2v) is 8.66. The van der Waals surface area contributed by atoms with Crippen molar-refractivity contribution in [3.63, 3.8) is 0 Å². The first kappa shape index (κ1) is 18.3. The topological polar surface area (TPSA) is 9.86 Å². The molecule has 2 aromatic heterocycles. The zero-order chi connectivity index (χ0) is 21.8.